The van der Waals surface area contributed by atoms with Crippen LogP contribution < -0.4 is 15.5 Å². The third-order valence-corrected chi connectivity index (χ3v) is 4.24. The Hall–Kier alpha value is -2.41. The van der Waals surface area contributed by atoms with E-state index in [0.29, 0.717) is 19.1 Å². The van der Waals surface area contributed by atoms with Gasteiger partial charge in [0.05, 0.1) is 11.0 Å². The molecule has 1 atom stereocenters. The maximum absolute atomic E-state index is 11.3. The Kier molecular flexibility index (Phi) is 3.49. The molecule has 1 unspecified atom stereocenters. The van der Waals surface area contributed by atoms with Crippen molar-refractivity contribution in [3.05, 3.63) is 24.3 Å². The van der Waals surface area contributed by atoms with Gasteiger partial charge in [-0.3, -0.25) is 4.79 Å². The first-order chi connectivity index (χ1) is 11.2. The molecule has 1 aliphatic heterocycles. The zero-order chi connectivity index (χ0) is 15.8. The molecular formula is C16H19N5O2. The second-order valence-corrected chi connectivity index (χ2v) is 6.09. The van der Waals surface area contributed by atoms with Gasteiger partial charge in [-0.2, -0.15) is 0 Å². The molecule has 0 bridgehead atoms. The molecule has 1 aromatic carbocycles. The monoisotopic (exact) mass is 313 g/mol. The number of aliphatic carboxylic acids is 1. The van der Waals surface area contributed by atoms with E-state index in [4.69, 9.17) is 9.97 Å². The second kappa shape index (κ2) is 5.66. The quantitative estimate of drug-likeness (QED) is 0.777. The fraction of sp³-hybridized carbons (Fsp3) is 0.438. The van der Waals surface area contributed by atoms with Crippen molar-refractivity contribution in [1.82, 2.24) is 15.3 Å². The van der Waals surface area contributed by atoms with Crippen molar-refractivity contribution in [3.8, 4) is 0 Å². The Labute approximate surface area is 133 Å². The second-order valence-electron chi connectivity index (χ2n) is 6.09. The predicted molar refractivity (Wildman–Crippen MR) is 87.8 cm³/mol. The molecule has 2 fully saturated rings. The van der Waals surface area contributed by atoms with E-state index in [2.05, 4.69) is 10.6 Å². The molecule has 0 amide bonds. The molecule has 3 N–H and O–H groups in total. The molecule has 4 rings (SSSR count). The summed E-state index contributed by atoms with van der Waals surface area (Å²) in [4.78, 5) is 22.8. The fourth-order valence-corrected chi connectivity index (χ4v) is 2.84. The smallest absolute Gasteiger partial charge is 0.322 e. The van der Waals surface area contributed by atoms with E-state index in [1.54, 1.807) is 0 Å². The van der Waals surface area contributed by atoms with Crippen molar-refractivity contribution < 1.29 is 9.90 Å². The molecule has 0 radical (unpaired) electrons. The number of para-hydroxylation sites is 2. The first-order valence-corrected chi connectivity index (χ1v) is 7.95. The van der Waals surface area contributed by atoms with Gasteiger partial charge in [-0.05, 0) is 25.0 Å². The lowest BCUT2D eigenvalue weighted by atomic mass is 10.2. The topological polar surface area (TPSA) is 90.4 Å². The summed E-state index contributed by atoms with van der Waals surface area (Å²) in [6, 6.07) is 7.65. The van der Waals surface area contributed by atoms with E-state index in [1.165, 1.54) is 0 Å². The van der Waals surface area contributed by atoms with Crippen molar-refractivity contribution in [2.75, 3.05) is 29.9 Å². The van der Waals surface area contributed by atoms with Gasteiger partial charge in [-0.15, -0.1) is 0 Å². The Morgan fingerprint density at radius 1 is 1.26 bits per heavy atom. The Morgan fingerprint density at radius 2 is 2.00 bits per heavy atom. The number of fused-ring (bicyclic) bond motifs is 1. The summed E-state index contributed by atoms with van der Waals surface area (Å²) in [6.07, 6.45) is 2.29. The van der Waals surface area contributed by atoms with Crippen molar-refractivity contribution in [3.63, 3.8) is 0 Å². The summed E-state index contributed by atoms with van der Waals surface area (Å²) in [5, 5.41) is 15.7. The normalized spacial score (nSPS) is 21.4. The van der Waals surface area contributed by atoms with Gasteiger partial charge in [0.2, 0.25) is 0 Å². The summed E-state index contributed by atoms with van der Waals surface area (Å²) in [6.45, 7) is 1.73. The van der Waals surface area contributed by atoms with Crippen molar-refractivity contribution in [1.29, 1.82) is 0 Å². The Balaban J connectivity index is 1.72. The Bertz CT molecular complexity index is 746. The van der Waals surface area contributed by atoms with Gasteiger partial charge < -0.3 is 20.6 Å². The van der Waals surface area contributed by atoms with Crippen LogP contribution in [-0.2, 0) is 4.79 Å². The van der Waals surface area contributed by atoms with Crippen LogP contribution in [0.4, 0.5) is 11.6 Å². The molecule has 2 aliphatic rings. The Morgan fingerprint density at radius 3 is 2.70 bits per heavy atom. The first kappa shape index (κ1) is 14.2. The van der Waals surface area contributed by atoms with E-state index in [0.717, 1.165) is 42.1 Å². The van der Waals surface area contributed by atoms with Gasteiger partial charge in [0.15, 0.2) is 11.6 Å². The van der Waals surface area contributed by atoms with Crippen LogP contribution in [0.25, 0.3) is 11.0 Å². The minimum atomic E-state index is -0.833. The van der Waals surface area contributed by atoms with E-state index in [-0.39, 0.29) is 0 Å². The molecular weight excluding hydrogens is 294 g/mol. The van der Waals surface area contributed by atoms with E-state index >= 15 is 0 Å². The molecule has 2 aromatic rings. The van der Waals surface area contributed by atoms with Gasteiger partial charge in [0.25, 0.3) is 0 Å². The summed E-state index contributed by atoms with van der Waals surface area (Å²) >= 11 is 0. The molecule has 1 aliphatic carbocycles. The van der Waals surface area contributed by atoms with Crippen molar-refractivity contribution in [2.24, 2.45) is 0 Å². The molecule has 1 aromatic heterocycles. The molecule has 7 heteroatoms. The highest BCUT2D eigenvalue weighted by atomic mass is 16.4. The van der Waals surface area contributed by atoms with Gasteiger partial charge in [0, 0.05) is 25.7 Å². The average Bonchev–Trinajstić information content (AvgIpc) is 3.38. The van der Waals surface area contributed by atoms with Gasteiger partial charge in [0.1, 0.15) is 6.04 Å². The number of rotatable bonds is 4. The summed E-state index contributed by atoms with van der Waals surface area (Å²) in [7, 11) is 0. The number of benzene rings is 1. The van der Waals surface area contributed by atoms with Crippen LogP contribution in [0.5, 0.6) is 0 Å². The largest absolute Gasteiger partial charge is 0.480 e. The van der Waals surface area contributed by atoms with Crippen LogP contribution in [0.15, 0.2) is 24.3 Å². The molecule has 0 spiro atoms. The highest BCUT2D eigenvalue weighted by Crippen LogP contribution is 2.31. The number of hydrogen-bond acceptors (Lipinski definition) is 6. The van der Waals surface area contributed by atoms with Crippen LogP contribution in [0.3, 0.4) is 0 Å². The SMILES string of the molecule is O=C(O)C1CN(c2nc3ccccc3nc2NC2CC2)CCN1. The zero-order valence-electron chi connectivity index (χ0n) is 12.7. The number of aromatic nitrogens is 2. The highest BCUT2D eigenvalue weighted by molar-refractivity contribution is 5.81. The molecule has 7 nitrogen and oxygen atoms in total. The van der Waals surface area contributed by atoms with Gasteiger partial charge in [-0.25, -0.2) is 9.97 Å². The summed E-state index contributed by atoms with van der Waals surface area (Å²) in [5.41, 5.74) is 1.68. The third-order valence-electron chi connectivity index (χ3n) is 4.24. The number of carbonyl (C=O) groups is 1. The van der Waals surface area contributed by atoms with Gasteiger partial charge in [-0.1, -0.05) is 12.1 Å². The van der Waals surface area contributed by atoms with Crippen LogP contribution in [0.2, 0.25) is 0 Å². The minimum absolute atomic E-state index is 0.391. The first-order valence-electron chi connectivity index (χ1n) is 7.95. The van der Waals surface area contributed by atoms with Crippen LogP contribution in [0, 0.1) is 0 Å². The standard InChI is InChI=1S/C16H19N5O2/c22-16(23)13-9-21(8-7-17-13)15-14(18-10-5-6-10)19-11-3-1-2-4-12(11)20-15/h1-4,10,13,17H,5-9H2,(H,18,19)(H,22,23). The minimum Gasteiger partial charge on any atom is -0.480 e. The summed E-state index contributed by atoms with van der Waals surface area (Å²) < 4.78 is 0. The number of carboxylic acids is 1. The highest BCUT2D eigenvalue weighted by Gasteiger charge is 2.29. The molecule has 120 valence electrons. The lowest BCUT2D eigenvalue weighted by molar-refractivity contribution is -0.139. The average molecular weight is 313 g/mol. The maximum Gasteiger partial charge on any atom is 0.322 e. The zero-order valence-corrected chi connectivity index (χ0v) is 12.7. The fourth-order valence-electron chi connectivity index (χ4n) is 2.84. The predicted octanol–water partition coefficient (Wildman–Crippen LogP) is 1.07. The lowest BCUT2D eigenvalue weighted by Crippen LogP contribution is -2.54. The van der Waals surface area contributed by atoms with Crippen LogP contribution in [0.1, 0.15) is 12.8 Å². The van der Waals surface area contributed by atoms with E-state index in [1.807, 2.05) is 29.2 Å². The van der Waals surface area contributed by atoms with Gasteiger partial charge >= 0.3 is 5.97 Å². The number of carboxylic acid groups (broad SMARTS) is 1. The van der Waals surface area contributed by atoms with Crippen molar-refractivity contribution >= 4 is 28.6 Å². The molecule has 1 saturated carbocycles. The number of nitrogens with one attached hydrogen (secondary N) is 2. The van der Waals surface area contributed by atoms with Crippen LogP contribution in [-0.4, -0.2) is 52.8 Å². The molecule has 2 heterocycles. The molecule has 1 saturated heterocycles. The van der Waals surface area contributed by atoms with E-state index < -0.39 is 12.0 Å². The van der Waals surface area contributed by atoms with Crippen molar-refractivity contribution in [2.45, 2.75) is 24.9 Å². The lowest BCUT2D eigenvalue weighted by Gasteiger charge is -2.33. The number of nitrogens with zero attached hydrogens (tertiary/aromatic N) is 3. The number of piperazine rings is 1. The maximum atomic E-state index is 11.3. The van der Waals surface area contributed by atoms with E-state index in [9.17, 15) is 9.90 Å². The van der Waals surface area contributed by atoms with Crippen LogP contribution >= 0.6 is 0 Å². The number of anilines is 2. The molecule has 23 heavy (non-hydrogen) atoms. The number of hydrogen-bond donors (Lipinski definition) is 3. The third kappa shape index (κ3) is 2.92. The summed E-state index contributed by atoms with van der Waals surface area (Å²) in [5.74, 6) is 0.681.